The van der Waals surface area contributed by atoms with E-state index in [4.69, 9.17) is 23.2 Å². The quantitative estimate of drug-likeness (QED) is 0.814. The summed E-state index contributed by atoms with van der Waals surface area (Å²) in [5, 5.41) is 8.21. The Morgan fingerprint density at radius 1 is 1.33 bits per heavy atom. The van der Waals surface area contributed by atoms with Gasteiger partial charge < -0.3 is 10.6 Å². The highest BCUT2D eigenvalue weighted by molar-refractivity contribution is 7.58. The average molecular weight is 345 g/mol. The molecule has 114 valence electrons. The Kier molecular flexibility index (Phi) is 4.84. The number of rotatable bonds is 4. The highest BCUT2D eigenvalue weighted by Crippen LogP contribution is 2.47. The van der Waals surface area contributed by atoms with Crippen LogP contribution < -0.4 is 10.6 Å². The Balaban J connectivity index is 1.73. The molecule has 0 saturated carbocycles. The lowest BCUT2D eigenvalue weighted by Crippen LogP contribution is -2.37. The minimum absolute atomic E-state index is 0.309. The molecule has 2 heterocycles. The van der Waals surface area contributed by atoms with Crippen LogP contribution in [0.25, 0.3) is 0 Å². The van der Waals surface area contributed by atoms with Gasteiger partial charge in [0.2, 0.25) is 0 Å². The summed E-state index contributed by atoms with van der Waals surface area (Å²) >= 11 is 13.6. The van der Waals surface area contributed by atoms with Crippen LogP contribution in [-0.4, -0.2) is 18.6 Å². The summed E-state index contributed by atoms with van der Waals surface area (Å²) in [6.07, 6.45) is 4.91. The molecular weight excluding hydrogens is 327 g/mol. The molecule has 0 aliphatic carbocycles. The number of hydrogen-bond donors (Lipinski definition) is 2. The summed E-state index contributed by atoms with van der Waals surface area (Å²) in [6, 6.07) is 2.63. The fourth-order valence-corrected chi connectivity index (χ4v) is 4.04. The van der Waals surface area contributed by atoms with E-state index >= 15 is 0 Å². The Morgan fingerprint density at radius 3 is 2.90 bits per heavy atom. The van der Waals surface area contributed by atoms with Gasteiger partial charge in [0.1, 0.15) is 11.4 Å². The van der Waals surface area contributed by atoms with E-state index in [1.807, 2.05) is 0 Å². The Bertz CT molecular complexity index is 607. The maximum absolute atomic E-state index is 6.33. The first kappa shape index (κ1) is 15.3. The summed E-state index contributed by atoms with van der Waals surface area (Å²) in [5.74, 6) is 0. The summed E-state index contributed by atoms with van der Waals surface area (Å²) in [4.78, 5) is 0. The largest absolute Gasteiger partial charge is 0.379 e. The number of fused-ring (bicyclic) bond motifs is 1. The van der Waals surface area contributed by atoms with E-state index in [1.165, 1.54) is 19.3 Å². The van der Waals surface area contributed by atoms with Crippen LogP contribution in [0.1, 0.15) is 32.6 Å². The SMILES string of the molecule is CC(CC1CCCCN1)Nc1c(Cl)cc(Cl)c2c1N=S=N2. The molecule has 2 atom stereocenters. The second-order valence-electron chi connectivity index (χ2n) is 5.60. The van der Waals surface area contributed by atoms with Crippen molar-refractivity contribution in [1.82, 2.24) is 5.32 Å². The molecule has 0 bridgehead atoms. The van der Waals surface area contributed by atoms with Gasteiger partial charge in [0.15, 0.2) is 0 Å². The lowest BCUT2D eigenvalue weighted by Gasteiger charge is -2.27. The summed E-state index contributed by atoms with van der Waals surface area (Å²) in [7, 11) is 0. The molecule has 1 fully saturated rings. The van der Waals surface area contributed by atoms with Crippen molar-refractivity contribution in [2.45, 2.75) is 44.7 Å². The lowest BCUT2D eigenvalue weighted by atomic mass is 9.98. The van der Waals surface area contributed by atoms with Gasteiger partial charge in [-0.2, -0.15) is 8.73 Å². The minimum atomic E-state index is 0.309. The predicted molar refractivity (Wildman–Crippen MR) is 91.3 cm³/mol. The highest BCUT2D eigenvalue weighted by Gasteiger charge is 2.21. The van der Waals surface area contributed by atoms with Crippen LogP contribution in [0, 0.1) is 0 Å². The molecule has 1 aromatic rings. The zero-order valence-corrected chi connectivity index (χ0v) is 14.2. The maximum Gasteiger partial charge on any atom is 0.130 e. The van der Waals surface area contributed by atoms with Crippen molar-refractivity contribution in [3.63, 3.8) is 0 Å². The number of hydrogen-bond acceptors (Lipinski definition) is 4. The van der Waals surface area contributed by atoms with Crippen molar-refractivity contribution in [2.75, 3.05) is 11.9 Å². The van der Waals surface area contributed by atoms with Crippen molar-refractivity contribution in [2.24, 2.45) is 8.73 Å². The number of halogens is 2. The van der Waals surface area contributed by atoms with Gasteiger partial charge in [-0.25, -0.2) is 0 Å². The number of nitrogens with zero attached hydrogens (tertiary/aromatic N) is 2. The van der Waals surface area contributed by atoms with Gasteiger partial charge in [-0.1, -0.05) is 29.6 Å². The molecule has 4 nitrogen and oxygen atoms in total. The van der Waals surface area contributed by atoms with Crippen LogP contribution in [-0.2, 0) is 11.4 Å². The molecule has 7 heteroatoms. The molecule has 2 N–H and O–H groups in total. The third kappa shape index (κ3) is 3.42. The highest BCUT2D eigenvalue weighted by atomic mass is 35.5. The van der Waals surface area contributed by atoms with Crippen molar-refractivity contribution in [3.8, 4) is 0 Å². The van der Waals surface area contributed by atoms with E-state index in [9.17, 15) is 0 Å². The number of anilines is 1. The van der Waals surface area contributed by atoms with Gasteiger partial charge in [-0.3, -0.25) is 0 Å². The third-order valence-corrected chi connectivity index (χ3v) is 5.00. The molecular formula is C14H18Cl2N4S. The van der Waals surface area contributed by atoms with E-state index < -0.39 is 0 Å². The minimum Gasteiger partial charge on any atom is -0.379 e. The molecule has 0 spiro atoms. The van der Waals surface area contributed by atoms with Crippen LogP contribution in [0.3, 0.4) is 0 Å². The third-order valence-electron chi connectivity index (χ3n) is 3.89. The molecule has 21 heavy (non-hydrogen) atoms. The summed E-state index contributed by atoms with van der Waals surface area (Å²) in [5.41, 5.74) is 2.32. The molecule has 2 aliphatic rings. The van der Waals surface area contributed by atoms with Crippen LogP contribution >= 0.6 is 23.2 Å². The summed E-state index contributed by atoms with van der Waals surface area (Å²) < 4.78 is 8.55. The first-order chi connectivity index (χ1) is 10.1. The van der Waals surface area contributed by atoms with Gasteiger partial charge >= 0.3 is 0 Å². The molecule has 3 rings (SSSR count). The second kappa shape index (κ2) is 6.65. The zero-order chi connectivity index (χ0) is 14.8. The fraction of sp³-hybridized carbons (Fsp3) is 0.571. The van der Waals surface area contributed by atoms with Crippen LogP contribution in [0.4, 0.5) is 17.1 Å². The van der Waals surface area contributed by atoms with Gasteiger partial charge in [-0.15, -0.1) is 0 Å². The van der Waals surface area contributed by atoms with Crippen molar-refractivity contribution < 1.29 is 0 Å². The lowest BCUT2D eigenvalue weighted by molar-refractivity contribution is 0.371. The Labute approximate surface area is 138 Å². The van der Waals surface area contributed by atoms with Crippen LogP contribution in [0.2, 0.25) is 10.0 Å². The van der Waals surface area contributed by atoms with Crippen LogP contribution in [0.15, 0.2) is 14.8 Å². The maximum atomic E-state index is 6.33. The van der Waals surface area contributed by atoms with Crippen molar-refractivity contribution >= 4 is 51.6 Å². The molecule has 0 aromatic heterocycles. The molecule has 0 amide bonds. The summed E-state index contributed by atoms with van der Waals surface area (Å²) in [6.45, 7) is 3.30. The smallest absolute Gasteiger partial charge is 0.130 e. The molecule has 2 unspecified atom stereocenters. The van der Waals surface area contributed by atoms with Gasteiger partial charge in [0.05, 0.1) is 27.1 Å². The van der Waals surface area contributed by atoms with E-state index in [2.05, 4.69) is 26.3 Å². The number of benzene rings is 1. The van der Waals surface area contributed by atoms with Crippen molar-refractivity contribution in [3.05, 3.63) is 16.1 Å². The first-order valence-corrected chi connectivity index (χ1v) is 8.74. The topological polar surface area (TPSA) is 48.8 Å². The Morgan fingerprint density at radius 2 is 2.14 bits per heavy atom. The van der Waals surface area contributed by atoms with Gasteiger partial charge in [-0.05, 0) is 38.8 Å². The van der Waals surface area contributed by atoms with E-state index in [-0.39, 0.29) is 0 Å². The van der Waals surface area contributed by atoms with E-state index in [0.717, 1.165) is 41.4 Å². The van der Waals surface area contributed by atoms with E-state index in [1.54, 1.807) is 6.07 Å². The number of piperidine rings is 1. The molecule has 2 aliphatic heterocycles. The average Bonchev–Trinajstić information content (AvgIpc) is 2.94. The fourth-order valence-electron chi connectivity index (χ4n) is 2.87. The first-order valence-electron chi connectivity index (χ1n) is 7.25. The number of nitrogens with one attached hydrogen (secondary N) is 2. The van der Waals surface area contributed by atoms with Gasteiger partial charge in [0.25, 0.3) is 0 Å². The molecule has 1 aromatic carbocycles. The second-order valence-corrected chi connectivity index (χ2v) is 6.95. The molecule has 0 radical (unpaired) electrons. The normalized spacial score (nSPS) is 21.8. The van der Waals surface area contributed by atoms with Crippen LogP contribution in [0.5, 0.6) is 0 Å². The predicted octanol–water partition coefficient (Wildman–Crippen LogP) is 5.05. The van der Waals surface area contributed by atoms with Gasteiger partial charge in [0, 0.05) is 12.1 Å². The monoisotopic (exact) mass is 344 g/mol. The Hall–Kier alpha value is -0.620. The zero-order valence-electron chi connectivity index (χ0n) is 11.8. The standard InChI is InChI=1S/C14H18Cl2N4S/c1-8(6-9-4-2-3-5-17-9)18-12-10(15)7-11(16)13-14(12)20-21-19-13/h7-9,17-18H,2-6H2,1H3. The van der Waals surface area contributed by atoms with E-state index in [0.29, 0.717) is 22.1 Å². The van der Waals surface area contributed by atoms with Crippen molar-refractivity contribution in [1.29, 1.82) is 0 Å². The molecule has 1 saturated heterocycles.